The zero-order valence-corrected chi connectivity index (χ0v) is 24.6. The summed E-state index contributed by atoms with van der Waals surface area (Å²) in [5, 5.41) is 10.6. The number of ketones is 2. The molecule has 0 amide bonds. The van der Waals surface area contributed by atoms with Crippen molar-refractivity contribution in [2.24, 2.45) is 0 Å². The standard InChI is InChI=1S/C30H32O14/c1-15(31)39-14-26-27(40-16(2)32)28(41-17(3)33)29(42-18(4)34)30(44-26)43-21-10-11-22(24(36)12-21)25(37)13-23(35)19-6-8-20(38-5)9-7-19/h6-12,26-30,36H,13-14H2,1-5H3/t26-,27-,28+,29-,30-/m1/s1. The van der Waals surface area contributed by atoms with Crippen LogP contribution in [-0.4, -0.2) is 85.0 Å². The van der Waals surface area contributed by atoms with Crippen LogP contribution < -0.4 is 9.47 Å². The number of methoxy groups -OCH3 is 1. The topological polar surface area (TPSA) is 187 Å². The molecule has 0 spiro atoms. The zero-order valence-electron chi connectivity index (χ0n) is 24.6. The lowest BCUT2D eigenvalue weighted by Crippen LogP contribution is -2.63. The lowest BCUT2D eigenvalue weighted by Gasteiger charge is -2.43. The Morgan fingerprint density at radius 1 is 0.727 bits per heavy atom. The molecule has 2 aromatic carbocycles. The predicted molar refractivity (Wildman–Crippen MR) is 147 cm³/mol. The van der Waals surface area contributed by atoms with Crippen LogP contribution in [0.25, 0.3) is 0 Å². The molecule has 0 unspecified atom stereocenters. The van der Waals surface area contributed by atoms with Gasteiger partial charge >= 0.3 is 23.9 Å². The Bertz CT molecular complexity index is 1400. The van der Waals surface area contributed by atoms with E-state index in [9.17, 15) is 33.9 Å². The summed E-state index contributed by atoms with van der Waals surface area (Å²) in [6, 6.07) is 9.76. The van der Waals surface area contributed by atoms with Crippen LogP contribution in [0.3, 0.4) is 0 Å². The van der Waals surface area contributed by atoms with Crippen LogP contribution in [0, 0.1) is 0 Å². The van der Waals surface area contributed by atoms with Crippen molar-refractivity contribution in [1.82, 2.24) is 0 Å². The minimum Gasteiger partial charge on any atom is -0.507 e. The minimum absolute atomic E-state index is 0.0820. The molecular weight excluding hydrogens is 584 g/mol. The fraction of sp³-hybridized carbons (Fsp3) is 0.400. The SMILES string of the molecule is COc1ccc(C(=O)CC(=O)c2ccc(O[C@@H]3O[C@H](COC(C)=O)[C@@H](OC(C)=O)[C@H](OC(C)=O)[C@H]3OC(C)=O)cc2O)cc1. The summed E-state index contributed by atoms with van der Waals surface area (Å²) < 4.78 is 37.8. The van der Waals surface area contributed by atoms with E-state index < -0.39 is 84.9 Å². The molecule has 1 N–H and O–H groups in total. The lowest BCUT2D eigenvalue weighted by molar-refractivity contribution is -0.288. The molecule has 0 bridgehead atoms. The Kier molecular flexibility index (Phi) is 11.4. The maximum Gasteiger partial charge on any atom is 0.303 e. The van der Waals surface area contributed by atoms with Gasteiger partial charge in [-0.05, 0) is 36.4 Å². The molecule has 1 aliphatic heterocycles. The van der Waals surface area contributed by atoms with Crippen molar-refractivity contribution in [3.63, 3.8) is 0 Å². The number of rotatable bonds is 12. The average molecular weight is 617 g/mol. The first-order valence-corrected chi connectivity index (χ1v) is 13.3. The quantitative estimate of drug-likeness (QED) is 0.158. The van der Waals surface area contributed by atoms with Crippen molar-refractivity contribution in [3.05, 3.63) is 53.6 Å². The van der Waals surface area contributed by atoms with E-state index in [1.54, 1.807) is 12.1 Å². The Hall–Kier alpha value is -4.98. The second-order valence-corrected chi connectivity index (χ2v) is 9.62. The van der Waals surface area contributed by atoms with Gasteiger partial charge in [-0.3, -0.25) is 28.8 Å². The van der Waals surface area contributed by atoms with Gasteiger partial charge in [-0.2, -0.15) is 0 Å². The molecule has 0 aromatic heterocycles. The molecule has 14 heteroatoms. The number of phenolic OH excluding ortho intramolecular Hbond substituents is 1. The molecule has 14 nitrogen and oxygen atoms in total. The number of ether oxygens (including phenoxy) is 7. The Labute approximate surface area is 252 Å². The molecule has 3 rings (SSSR count). The van der Waals surface area contributed by atoms with Crippen molar-refractivity contribution in [1.29, 1.82) is 0 Å². The number of hydrogen-bond acceptors (Lipinski definition) is 14. The second kappa shape index (κ2) is 15.0. The number of carbonyl (C=O) groups is 6. The molecule has 2 aromatic rings. The Balaban J connectivity index is 1.87. The third-order valence-electron chi connectivity index (χ3n) is 6.20. The van der Waals surface area contributed by atoms with E-state index in [2.05, 4.69) is 0 Å². The van der Waals surface area contributed by atoms with Crippen LogP contribution >= 0.6 is 0 Å². The third kappa shape index (κ3) is 9.01. The van der Waals surface area contributed by atoms with Gasteiger partial charge in [0.25, 0.3) is 0 Å². The first-order valence-electron chi connectivity index (χ1n) is 13.3. The molecule has 0 radical (unpaired) electrons. The highest BCUT2D eigenvalue weighted by atomic mass is 16.7. The number of aromatic hydroxyl groups is 1. The summed E-state index contributed by atoms with van der Waals surface area (Å²) in [4.78, 5) is 72.8. The third-order valence-corrected chi connectivity index (χ3v) is 6.20. The highest BCUT2D eigenvalue weighted by Crippen LogP contribution is 2.33. The summed E-state index contributed by atoms with van der Waals surface area (Å²) in [6.07, 6.45) is -7.66. The van der Waals surface area contributed by atoms with Crippen LogP contribution in [0.1, 0.15) is 54.8 Å². The van der Waals surface area contributed by atoms with Crippen LogP contribution in [-0.2, 0) is 42.9 Å². The van der Waals surface area contributed by atoms with Crippen molar-refractivity contribution in [3.8, 4) is 17.2 Å². The molecule has 0 aliphatic carbocycles. The Morgan fingerprint density at radius 3 is 1.84 bits per heavy atom. The zero-order chi connectivity index (χ0) is 32.6. The van der Waals surface area contributed by atoms with Gasteiger partial charge in [0.05, 0.1) is 19.1 Å². The highest BCUT2D eigenvalue weighted by molar-refractivity contribution is 6.14. The fourth-order valence-corrected chi connectivity index (χ4v) is 4.36. The maximum absolute atomic E-state index is 12.8. The highest BCUT2D eigenvalue weighted by Gasteiger charge is 2.53. The smallest absolute Gasteiger partial charge is 0.303 e. The van der Waals surface area contributed by atoms with Crippen molar-refractivity contribution in [2.45, 2.75) is 64.8 Å². The molecule has 1 heterocycles. The van der Waals surface area contributed by atoms with E-state index in [0.29, 0.717) is 5.75 Å². The summed E-state index contributed by atoms with van der Waals surface area (Å²) >= 11 is 0. The minimum atomic E-state index is -1.55. The van der Waals surface area contributed by atoms with Gasteiger partial charge in [0.2, 0.25) is 12.4 Å². The molecule has 0 saturated carbocycles. The Morgan fingerprint density at radius 2 is 1.30 bits per heavy atom. The van der Waals surface area contributed by atoms with E-state index in [4.69, 9.17) is 33.2 Å². The first-order chi connectivity index (χ1) is 20.8. The first kappa shape index (κ1) is 33.5. The lowest BCUT2D eigenvalue weighted by atomic mass is 9.98. The fourth-order valence-electron chi connectivity index (χ4n) is 4.36. The number of benzene rings is 2. The van der Waals surface area contributed by atoms with Gasteiger partial charge in [-0.25, -0.2) is 0 Å². The van der Waals surface area contributed by atoms with Gasteiger partial charge < -0.3 is 38.3 Å². The van der Waals surface area contributed by atoms with Crippen LogP contribution in [0.4, 0.5) is 0 Å². The molecule has 1 aliphatic rings. The van der Waals surface area contributed by atoms with Crippen LogP contribution in [0.5, 0.6) is 17.2 Å². The van der Waals surface area contributed by atoms with Crippen molar-refractivity contribution < 1.29 is 67.0 Å². The molecule has 236 valence electrons. The van der Waals surface area contributed by atoms with E-state index in [1.807, 2.05) is 0 Å². The summed E-state index contributed by atoms with van der Waals surface area (Å²) in [5.74, 6) is -4.33. The van der Waals surface area contributed by atoms with Gasteiger partial charge in [-0.15, -0.1) is 0 Å². The van der Waals surface area contributed by atoms with Gasteiger partial charge in [0.1, 0.15) is 30.0 Å². The average Bonchev–Trinajstić information content (AvgIpc) is 2.94. The van der Waals surface area contributed by atoms with Crippen molar-refractivity contribution >= 4 is 35.4 Å². The molecule has 1 fully saturated rings. The van der Waals surface area contributed by atoms with E-state index >= 15 is 0 Å². The van der Waals surface area contributed by atoms with E-state index in [-0.39, 0.29) is 16.9 Å². The van der Waals surface area contributed by atoms with Crippen LogP contribution in [0.2, 0.25) is 0 Å². The van der Waals surface area contributed by atoms with E-state index in [0.717, 1.165) is 33.8 Å². The number of phenols is 1. The predicted octanol–water partition coefficient (Wildman–Crippen LogP) is 2.32. The largest absolute Gasteiger partial charge is 0.507 e. The summed E-state index contributed by atoms with van der Waals surface area (Å²) in [6.45, 7) is 3.92. The normalized spacial score (nSPS) is 20.9. The van der Waals surface area contributed by atoms with Crippen molar-refractivity contribution in [2.75, 3.05) is 13.7 Å². The maximum atomic E-state index is 12.8. The molecule has 1 saturated heterocycles. The number of carbonyl (C=O) groups excluding carboxylic acids is 6. The second-order valence-electron chi connectivity index (χ2n) is 9.62. The number of Topliss-reactive ketones (excluding diaryl/α,β-unsaturated/α-hetero) is 2. The van der Waals surface area contributed by atoms with Gasteiger partial charge in [-0.1, -0.05) is 0 Å². The molecular formula is C30H32O14. The number of esters is 4. The summed E-state index contributed by atoms with van der Waals surface area (Å²) in [7, 11) is 1.48. The van der Waals surface area contributed by atoms with Gasteiger partial charge in [0, 0.05) is 39.3 Å². The monoisotopic (exact) mass is 616 g/mol. The van der Waals surface area contributed by atoms with Gasteiger partial charge in [0.15, 0.2) is 23.8 Å². The summed E-state index contributed by atoms with van der Waals surface area (Å²) in [5.41, 5.74) is 0.114. The van der Waals surface area contributed by atoms with E-state index in [1.165, 1.54) is 31.4 Å². The molecule has 44 heavy (non-hydrogen) atoms. The van der Waals surface area contributed by atoms with Crippen LogP contribution in [0.15, 0.2) is 42.5 Å². The molecule has 5 atom stereocenters. The number of hydrogen-bond donors (Lipinski definition) is 1.